The average molecular weight is 212 g/mol. The van der Waals surface area contributed by atoms with Crippen LogP contribution in [0.4, 0.5) is 0 Å². The molecule has 1 unspecified atom stereocenters. The summed E-state index contributed by atoms with van der Waals surface area (Å²) in [5.74, 6) is 5.86. The Morgan fingerprint density at radius 3 is 2.69 bits per heavy atom. The van der Waals surface area contributed by atoms with E-state index >= 15 is 0 Å². The number of benzene rings is 1. The molecule has 0 aliphatic carbocycles. The third-order valence-electron chi connectivity index (χ3n) is 2.31. The molecule has 1 aromatic carbocycles. The van der Waals surface area contributed by atoms with Crippen LogP contribution in [-0.4, -0.2) is 6.54 Å². The summed E-state index contributed by atoms with van der Waals surface area (Å²) < 4.78 is 0. The van der Waals surface area contributed by atoms with Gasteiger partial charge in [0.25, 0.3) is 0 Å². The van der Waals surface area contributed by atoms with Gasteiger partial charge in [0.05, 0.1) is 12.5 Å². The molecule has 1 atom stereocenters. The maximum Gasteiger partial charge on any atom is 0.0641 e. The number of hydrogen-bond donors (Lipinski definition) is 1. The summed E-state index contributed by atoms with van der Waals surface area (Å²) in [4.78, 5) is 0. The fraction of sp³-hybridized carbons (Fsp3) is 0.357. The van der Waals surface area contributed by atoms with Crippen molar-refractivity contribution in [3.63, 3.8) is 0 Å². The molecule has 0 aliphatic heterocycles. The van der Waals surface area contributed by atoms with Crippen molar-refractivity contribution < 1.29 is 0 Å². The molecule has 82 valence electrons. The second-order valence-corrected chi connectivity index (χ2v) is 3.46. The predicted octanol–water partition coefficient (Wildman–Crippen LogP) is 2.64. The minimum Gasteiger partial charge on any atom is -0.308 e. The van der Waals surface area contributed by atoms with E-state index in [0.717, 1.165) is 18.5 Å². The average Bonchev–Trinajstić information content (AvgIpc) is 2.34. The van der Waals surface area contributed by atoms with Gasteiger partial charge >= 0.3 is 0 Å². The first-order chi connectivity index (χ1) is 7.88. The van der Waals surface area contributed by atoms with Gasteiger partial charge in [-0.05, 0) is 12.5 Å². The third-order valence-corrected chi connectivity index (χ3v) is 2.31. The van der Waals surface area contributed by atoms with Crippen LogP contribution in [0.1, 0.15) is 31.4 Å². The van der Waals surface area contributed by atoms with Crippen molar-refractivity contribution in [3.05, 3.63) is 35.9 Å². The Kier molecular flexibility index (Phi) is 5.78. The number of rotatable bonds is 5. The number of hydrogen-bond acceptors (Lipinski definition) is 2. The van der Waals surface area contributed by atoms with Crippen LogP contribution in [0.15, 0.2) is 30.3 Å². The smallest absolute Gasteiger partial charge is 0.0641 e. The molecule has 0 aliphatic rings. The highest BCUT2D eigenvalue weighted by Gasteiger charge is 2.08. The van der Waals surface area contributed by atoms with Crippen molar-refractivity contribution in [1.82, 2.24) is 5.32 Å². The predicted molar refractivity (Wildman–Crippen MR) is 65.5 cm³/mol. The van der Waals surface area contributed by atoms with Gasteiger partial charge in [-0.3, -0.25) is 0 Å². The van der Waals surface area contributed by atoms with Crippen molar-refractivity contribution in [3.8, 4) is 17.9 Å². The molecular formula is C14H16N2. The maximum absolute atomic E-state index is 8.78. The topological polar surface area (TPSA) is 35.8 Å². The second kappa shape index (κ2) is 7.51. The van der Waals surface area contributed by atoms with E-state index in [4.69, 9.17) is 5.26 Å². The van der Waals surface area contributed by atoms with E-state index in [2.05, 4.69) is 23.2 Å². The summed E-state index contributed by atoms with van der Waals surface area (Å²) in [6.07, 6.45) is 1.31. The first kappa shape index (κ1) is 12.3. The van der Waals surface area contributed by atoms with E-state index in [9.17, 15) is 0 Å². The van der Waals surface area contributed by atoms with E-state index in [0.29, 0.717) is 6.42 Å². The Bertz CT molecular complexity index is 392. The van der Waals surface area contributed by atoms with Gasteiger partial charge in [-0.1, -0.05) is 30.3 Å². The van der Waals surface area contributed by atoms with E-state index in [-0.39, 0.29) is 6.04 Å². The van der Waals surface area contributed by atoms with Crippen molar-refractivity contribution in [2.75, 3.05) is 6.54 Å². The van der Waals surface area contributed by atoms with Gasteiger partial charge < -0.3 is 5.32 Å². The minimum atomic E-state index is 0.116. The Hall–Kier alpha value is -1.77. The van der Waals surface area contributed by atoms with Gasteiger partial charge in [0.1, 0.15) is 0 Å². The summed E-state index contributed by atoms with van der Waals surface area (Å²) in [6, 6.07) is 12.4. The molecule has 0 fully saturated rings. The van der Waals surface area contributed by atoms with Crippen LogP contribution in [-0.2, 0) is 0 Å². The highest BCUT2D eigenvalue weighted by atomic mass is 14.9. The largest absolute Gasteiger partial charge is 0.308 e. The van der Waals surface area contributed by atoms with Crippen molar-refractivity contribution in [2.45, 2.75) is 25.8 Å². The van der Waals surface area contributed by atoms with Gasteiger partial charge in [0, 0.05) is 19.0 Å². The Morgan fingerprint density at radius 1 is 1.31 bits per heavy atom. The fourth-order valence-electron chi connectivity index (χ4n) is 1.52. The highest BCUT2D eigenvalue weighted by molar-refractivity contribution is 5.19. The zero-order valence-corrected chi connectivity index (χ0v) is 9.53. The minimum absolute atomic E-state index is 0.116. The van der Waals surface area contributed by atoms with E-state index in [1.54, 1.807) is 0 Å². The molecule has 0 heterocycles. The summed E-state index contributed by atoms with van der Waals surface area (Å²) in [5, 5.41) is 12.1. The Morgan fingerprint density at radius 2 is 2.06 bits per heavy atom. The summed E-state index contributed by atoms with van der Waals surface area (Å²) in [5.41, 5.74) is 1.16. The molecular weight excluding hydrogens is 196 g/mol. The van der Waals surface area contributed by atoms with Crippen molar-refractivity contribution >= 4 is 0 Å². The molecule has 0 saturated heterocycles. The number of nitriles is 1. The van der Waals surface area contributed by atoms with E-state index < -0.39 is 0 Å². The lowest BCUT2D eigenvalue weighted by molar-refractivity contribution is 0.551. The molecule has 0 amide bonds. The first-order valence-electron chi connectivity index (χ1n) is 5.43. The monoisotopic (exact) mass is 212 g/mol. The van der Waals surface area contributed by atoms with Crippen LogP contribution in [0.5, 0.6) is 0 Å². The Labute approximate surface area is 97.3 Å². The quantitative estimate of drug-likeness (QED) is 0.601. The molecule has 1 rings (SSSR count). The molecule has 2 nitrogen and oxygen atoms in total. The standard InChI is InChI=1S/C14H16N2/c1-2-3-7-12-16-14(10-11-15)13-8-5-4-6-9-13/h4-6,8-9,14,16H,7,10,12H2,1H3. The van der Waals surface area contributed by atoms with E-state index in [1.165, 1.54) is 0 Å². The van der Waals surface area contributed by atoms with Gasteiger partial charge in [-0.15, -0.1) is 11.8 Å². The molecule has 2 heteroatoms. The molecule has 16 heavy (non-hydrogen) atoms. The lowest BCUT2D eigenvalue weighted by Gasteiger charge is -2.15. The lowest BCUT2D eigenvalue weighted by atomic mass is 10.0. The van der Waals surface area contributed by atoms with Gasteiger partial charge in [0.15, 0.2) is 0 Å². The van der Waals surface area contributed by atoms with Crippen LogP contribution in [0.2, 0.25) is 0 Å². The first-order valence-corrected chi connectivity index (χ1v) is 5.43. The third kappa shape index (κ3) is 4.17. The van der Waals surface area contributed by atoms with Gasteiger partial charge in [0.2, 0.25) is 0 Å². The zero-order chi connectivity index (χ0) is 11.6. The second-order valence-electron chi connectivity index (χ2n) is 3.46. The Balaban J connectivity index is 2.54. The molecule has 0 bridgehead atoms. The summed E-state index contributed by atoms with van der Waals surface area (Å²) in [7, 11) is 0. The van der Waals surface area contributed by atoms with Gasteiger partial charge in [-0.25, -0.2) is 0 Å². The van der Waals surface area contributed by atoms with Crippen LogP contribution in [0.3, 0.4) is 0 Å². The maximum atomic E-state index is 8.78. The fourth-order valence-corrected chi connectivity index (χ4v) is 1.52. The molecule has 1 N–H and O–H groups in total. The number of nitrogens with zero attached hydrogens (tertiary/aromatic N) is 1. The lowest BCUT2D eigenvalue weighted by Crippen LogP contribution is -2.21. The van der Waals surface area contributed by atoms with Crippen molar-refractivity contribution in [1.29, 1.82) is 5.26 Å². The highest BCUT2D eigenvalue weighted by Crippen LogP contribution is 2.15. The molecule has 0 spiro atoms. The molecule has 0 saturated carbocycles. The van der Waals surface area contributed by atoms with E-state index in [1.807, 2.05) is 37.3 Å². The summed E-state index contributed by atoms with van der Waals surface area (Å²) >= 11 is 0. The van der Waals surface area contributed by atoms with Crippen molar-refractivity contribution in [2.24, 2.45) is 0 Å². The SMILES string of the molecule is CC#CCCNC(CC#N)c1ccccc1. The molecule has 0 aromatic heterocycles. The normalized spacial score (nSPS) is 11.0. The number of nitrogens with one attached hydrogen (secondary N) is 1. The summed E-state index contributed by atoms with van der Waals surface area (Å²) in [6.45, 7) is 2.66. The molecule has 0 radical (unpaired) electrons. The van der Waals surface area contributed by atoms with Crippen LogP contribution in [0.25, 0.3) is 0 Å². The molecule has 1 aromatic rings. The van der Waals surface area contributed by atoms with Crippen LogP contribution < -0.4 is 5.32 Å². The van der Waals surface area contributed by atoms with Crippen LogP contribution >= 0.6 is 0 Å². The van der Waals surface area contributed by atoms with Crippen LogP contribution in [0, 0.1) is 23.2 Å². The zero-order valence-electron chi connectivity index (χ0n) is 9.53. The van der Waals surface area contributed by atoms with Gasteiger partial charge in [-0.2, -0.15) is 5.26 Å².